The van der Waals surface area contributed by atoms with E-state index in [4.69, 9.17) is 27.6 Å². The van der Waals surface area contributed by atoms with Crippen molar-refractivity contribution in [2.45, 2.75) is 11.8 Å². The molecule has 0 aliphatic carbocycles. The number of halogens is 2. The van der Waals surface area contributed by atoms with Crippen molar-refractivity contribution in [1.82, 2.24) is 4.83 Å². The van der Waals surface area contributed by atoms with Gasteiger partial charge >= 0.3 is 0 Å². The Balaban J connectivity index is 1.75. The second-order valence-corrected chi connectivity index (χ2v) is 7.92. The number of furan rings is 1. The third-order valence-corrected chi connectivity index (χ3v) is 5.60. The average Bonchev–Trinajstić information content (AvgIpc) is 3.06. The lowest BCUT2D eigenvalue weighted by atomic mass is 10.2. The van der Waals surface area contributed by atoms with Gasteiger partial charge in [0.2, 0.25) is 0 Å². The van der Waals surface area contributed by atoms with Crippen molar-refractivity contribution in [2.75, 3.05) is 0 Å². The first-order chi connectivity index (χ1) is 12.4. The summed E-state index contributed by atoms with van der Waals surface area (Å²) in [5.74, 6) is 0.864. The molecule has 0 amide bonds. The standard InChI is InChI=1S/C18H14Cl2N2O3S/c1-12-5-8-14(9-6-12)26(23,24)22-21-11-13-7-10-17(25-13)15-3-2-4-16(19)18(15)20/h2-11,22H,1H3/b21-11+. The Morgan fingerprint density at radius 1 is 1.04 bits per heavy atom. The summed E-state index contributed by atoms with van der Waals surface area (Å²) in [6.45, 7) is 1.88. The fourth-order valence-corrected chi connectivity index (χ4v) is 3.38. The van der Waals surface area contributed by atoms with E-state index in [2.05, 4.69) is 9.93 Å². The molecule has 0 aliphatic rings. The first kappa shape index (κ1) is 18.5. The predicted molar refractivity (Wildman–Crippen MR) is 103 cm³/mol. The van der Waals surface area contributed by atoms with Crippen molar-refractivity contribution in [2.24, 2.45) is 5.10 Å². The summed E-state index contributed by atoms with van der Waals surface area (Å²) >= 11 is 12.2. The molecule has 0 aliphatic heterocycles. The SMILES string of the molecule is Cc1ccc(S(=O)(=O)N/N=C/c2ccc(-c3cccc(Cl)c3Cl)o2)cc1. The van der Waals surface area contributed by atoms with Crippen LogP contribution in [0, 0.1) is 6.92 Å². The summed E-state index contributed by atoms with van der Waals surface area (Å²) in [5.41, 5.74) is 1.61. The molecule has 1 N–H and O–H groups in total. The van der Waals surface area contributed by atoms with Crippen LogP contribution < -0.4 is 4.83 Å². The number of hydrogen-bond donors (Lipinski definition) is 1. The summed E-state index contributed by atoms with van der Waals surface area (Å²) in [7, 11) is -3.73. The molecule has 0 saturated carbocycles. The van der Waals surface area contributed by atoms with Crippen molar-refractivity contribution in [1.29, 1.82) is 0 Å². The zero-order valence-corrected chi connectivity index (χ0v) is 15.9. The van der Waals surface area contributed by atoms with Crippen LogP contribution >= 0.6 is 23.2 Å². The Hall–Kier alpha value is -2.28. The third-order valence-electron chi connectivity index (χ3n) is 3.54. The number of rotatable bonds is 5. The molecule has 5 nitrogen and oxygen atoms in total. The predicted octanol–water partition coefficient (Wildman–Crippen LogP) is 4.87. The van der Waals surface area contributed by atoms with Gasteiger partial charge in [0.25, 0.3) is 10.0 Å². The summed E-state index contributed by atoms with van der Waals surface area (Å²) in [4.78, 5) is 2.28. The fourth-order valence-electron chi connectivity index (χ4n) is 2.19. The summed E-state index contributed by atoms with van der Waals surface area (Å²) in [6.07, 6.45) is 1.27. The van der Waals surface area contributed by atoms with E-state index in [1.807, 2.05) is 6.92 Å². The monoisotopic (exact) mass is 408 g/mol. The number of hydrogen-bond acceptors (Lipinski definition) is 4. The molecule has 26 heavy (non-hydrogen) atoms. The van der Waals surface area contributed by atoms with E-state index in [9.17, 15) is 8.42 Å². The number of benzene rings is 2. The van der Waals surface area contributed by atoms with Gasteiger partial charge in [-0.25, -0.2) is 0 Å². The smallest absolute Gasteiger partial charge is 0.276 e. The molecule has 0 fully saturated rings. The minimum atomic E-state index is -3.73. The maximum atomic E-state index is 12.2. The van der Waals surface area contributed by atoms with Gasteiger partial charge in [-0.05, 0) is 43.3 Å². The second-order valence-electron chi connectivity index (χ2n) is 5.47. The van der Waals surface area contributed by atoms with Crippen LogP contribution in [0.15, 0.2) is 69.0 Å². The van der Waals surface area contributed by atoms with Gasteiger partial charge in [0.1, 0.15) is 11.5 Å². The fraction of sp³-hybridized carbons (Fsp3) is 0.0556. The van der Waals surface area contributed by atoms with E-state index in [1.54, 1.807) is 42.5 Å². The quantitative estimate of drug-likeness (QED) is 0.483. The molecule has 8 heteroatoms. The van der Waals surface area contributed by atoms with Gasteiger partial charge in [-0.15, -0.1) is 0 Å². The van der Waals surface area contributed by atoms with Crippen LogP contribution in [0.4, 0.5) is 0 Å². The van der Waals surface area contributed by atoms with Gasteiger partial charge in [0, 0.05) is 5.56 Å². The zero-order valence-electron chi connectivity index (χ0n) is 13.6. The number of sulfonamides is 1. The van der Waals surface area contributed by atoms with Crippen LogP contribution in [0.3, 0.4) is 0 Å². The van der Waals surface area contributed by atoms with E-state index in [-0.39, 0.29) is 4.90 Å². The van der Waals surface area contributed by atoms with E-state index >= 15 is 0 Å². The van der Waals surface area contributed by atoms with Crippen LogP contribution in [0.25, 0.3) is 11.3 Å². The normalized spacial score (nSPS) is 11.8. The first-order valence-corrected chi connectivity index (χ1v) is 9.76. The first-order valence-electron chi connectivity index (χ1n) is 7.52. The highest BCUT2D eigenvalue weighted by atomic mass is 35.5. The molecule has 1 heterocycles. The zero-order chi connectivity index (χ0) is 18.7. The Bertz CT molecular complexity index is 1060. The van der Waals surface area contributed by atoms with Gasteiger partial charge in [0.05, 0.1) is 21.2 Å². The van der Waals surface area contributed by atoms with Gasteiger partial charge in [0.15, 0.2) is 0 Å². The lowest BCUT2D eigenvalue weighted by Crippen LogP contribution is -2.18. The molecule has 3 rings (SSSR count). The molecular formula is C18H14Cl2N2O3S. The highest BCUT2D eigenvalue weighted by molar-refractivity contribution is 7.89. The number of nitrogens with zero attached hydrogens (tertiary/aromatic N) is 1. The summed E-state index contributed by atoms with van der Waals surface area (Å²) in [5, 5.41) is 4.54. The topological polar surface area (TPSA) is 71.7 Å². The third kappa shape index (κ3) is 4.09. The minimum Gasteiger partial charge on any atom is -0.455 e. The van der Waals surface area contributed by atoms with Crippen LogP contribution in [0.1, 0.15) is 11.3 Å². The summed E-state index contributed by atoms with van der Waals surface area (Å²) in [6, 6.07) is 15.0. The molecule has 2 aromatic carbocycles. The average molecular weight is 409 g/mol. The van der Waals surface area contributed by atoms with Crippen molar-refractivity contribution >= 4 is 39.4 Å². The number of hydrazone groups is 1. The molecule has 0 atom stereocenters. The van der Waals surface area contributed by atoms with Crippen LogP contribution in [0.2, 0.25) is 10.0 Å². The van der Waals surface area contributed by atoms with E-state index in [0.29, 0.717) is 27.1 Å². The lowest BCUT2D eigenvalue weighted by molar-refractivity contribution is 0.573. The molecule has 0 radical (unpaired) electrons. The molecule has 1 aromatic heterocycles. The van der Waals surface area contributed by atoms with Crippen molar-refractivity contribution in [3.63, 3.8) is 0 Å². The Labute approximate surface area is 161 Å². The van der Waals surface area contributed by atoms with Gasteiger partial charge < -0.3 is 4.42 Å². The Kier molecular flexibility index (Phi) is 5.36. The van der Waals surface area contributed by atoms with Crippen LogP contribution in [-0.4, -0.2) is 14.6 Å². The van der Waals surface area contributed by atoms with Crippen molar-refractivity contribution in [3.05, 3.63) is 76.0 Å². The van der Waals surface area contributed by atoms with E-state index < -0.39 is 10.0 Å². The molecule has 134 valence electrons. The maximum Gasteiger partial charge on any atom is 0.276 e. The van der Waals surface area contributed by atoms with Gasteiger partial charge in [-0.3, -0.25) is 0 Å². The number of nitrogens with one attached hydrogen (secondary N) is 1. The largest absolute Gasteiger partial charge is 0.455 e. The van der Waals surface area contributed by atoms with E-state index in [0.717, 1.165) is 5.56 Å². The molecule has 0 spiro atoms. The van der Waals surface area contributed by atoms with Gasteiger partial charge in [-0.1, -0.05) is 47.0 Å². The Morgan fingerprint density at radius 2 is 1.77 bits per heavy atom. The minimum absolute atomic E-state index is 0.131. The molecule has 0 bridgehead atoms. The second kappa shape index (κ2) is 7.53. The Morgan fingerprint density at radius 3 is 2.50 bits per heavy atom. The van der Waals surface area contributed by atoms with Crippen LogP contribution in [0.5, 0.6) is 0 Å². The highest BCUT2D eigenvalue weighted by Gasteiger charge is 2.13. The molecule has 0 unspecified atom stereocenters. The van der Waals surface area contributed by atoms with Crippen molar-refractivity contribution in [3.8, 4) is 11.3 Å². The highest BCUT2D eigenvalue weighted by Crippen LogP contribution is 2.34. The van der Waals surface area contributed by atoms with Crippen molar-refractivity contribution < 1.29 is 12.8 Å². The maximum absolute atomic E-state index is 12.2. The molecular weight excluding hydrogens is 395 g/mol. The van der Waals surface area contributed by atoms with E-state index in [1.165, 1.54) is 18.3 Å². The summed E-state index contributed by atoms with van der Waals surface area (Å²) < 4.78 is 29.9. The van der Waals surface area contributed by atoms with Gasteiger partial charge in [-0.2, -0.15) is 18.4 Å². The molecule has 3 aromatic rings. The lowest BCUT2D eigenvalue weighted by Gasteiger charge is -2.03. The molecule has 0 saturated heterocycles. The number of aryl methyl sites for hydroxylation is 1. The van der Waals surface area contributed by atoms with Crippen LogP contribution in [-0.2, 0) is 10.0 Å².